The van der Waals surface area contributed by atoms with E-state index >= 15 is 0 Å². The van der Waals surface area contributed by atoms with Gasteiger partial charge in [-0.25, -0.2) is 4.98 Å². The van der Waals surface area contributed by atoms with E-state index in [-0.39, 0.29) is 54.2 Å². The Morgan fingerprint density at radius 1 is 1.00 bits per heavy atom. The highest BCUT2D eigenvalue weighted by molar-refractivity contribution is 7.20. The Hall–Kier alpha value is -4.83. The summed E-state index contributed by atoms with van der Waals surface area (Å²) in [5, 5.41) is 46.9. The number of allylic oxidation sites excluding steroid dienone is 2. The van der Waals surface area contributed by atoms with Crippen molar-refractivity contribution in [3.05, 3.63) is 63.7 Å². The maximum atomic E-state index is 14.3. The maximum Gasteiger partial charge on any atom is 0.312 e. The van der Waals surface area contributed by atoms with Gasteiger partial charge in [-0.2, -0.15) is 0 Å². The van der Waals surface area contributed by atoms with Crippen LogP contribution in [0.3, 0.4) is 0 Å². The van der Waals surface area contributed by atoms with Crippen LogP contribution in [0.1, 0.15) is 64.4 Å². The topological polar surface area (TPSA) is 211 Å². The number of rotatable bonds is 2. The predicted octanol–water partition coefficient (Wildman–Crippen LogP) is 5.02. The third-order valence-corrected chi connectivity index (χ3v) is 11.4. The van der Waals surface area contributed by atoms with Crippen molar-refractivity contribution >= 4 is 55.7 Å². The van der Waals surface area contributed by atoms with Gasteiger partial charge in [0.1, 0.15) is 17.5 Å². The molecule has 5 N–H and O–H groups in total. The molecule has 0 aliphatic carbocycles. The number of nitrogens with one attached hydrogen (secondary N) is 1. The summed E-state index contributed by atoms with van der Waals surface area (Å²) in [6.07, 6.45) is 4.70. The lowest BCUT2D eigenvalue weighted by Gasteiger charge is -2.38. The molecule has 0 unspecified atom stereocenters. The largest absolute Gasteiger partial charge is 0.505 e. The third kappa shape index (κ3) is 7.20. The number of aliphatic hydroxyl groups is 2. The van der Waals surface area contributed by atoms with E-state index in [0.29, 0.717) is 0 Å². The highest BCUT2D eigenvalue weighted by atomic mass is 32.1. The number of phenolic OH excluding ortho intramolecular Hbond substituents is 1. The number of Topliss-reactive ketones (excluding diaryl/α,β-unsaturated/α-hetero) is 1. The SMILES string of the molecule is CO[C@H]1C=CO[C@@]2(C)Oc3c(C)c(=O)c4c(O)c(c5sc(O)cnc5c4c3C2=O)NC(=O)/C(C)=C\C=C/[C@H](C)[C@H](O)[C@@H](C)[C@@H](O)[C@@H](C)[C@H](OC(C)=O)[C@@H]1C. The molecule has 3 aromatic rings. The number of aliphatic hydroxyl groups excluding tert-OH is 2. The number of carbonyl (C=O) groups is 3. The van der Waals surface area contributed by atoms with Gasteiger partial charge in [0.05, 0.1) is 51.9 Å². The van der Waals surface area contributed by atoms with Crippen LogP contribution in [0, 0.1) is 30.6 Å². The molecule has 4 bridgehead atoms. The van der Waals surface area contributed by atoms with Crippen LogP contribution in [0.25, 0.3) is 21.0 Å². The summed E-state index contributed by atoms with van der Waals surface area (Å²) in [7, 11) is 1.43. The molecule has 2 aliphatic heterocycles. The quantitative estimate of drug-likeness (QED) is 0.132. The number of methoxy groups -OCH3 is 1. The van der Waals surface area contributed by atoms with Crippen molar-refractivity contribution in [3.63, 3.8) is 0 Å². The van der Waals surface area contributed by atoms with Gasteiger partial charge in [-0.3, -0.25) is 19.2 Å². The average Bonchev–Trinajstić information content (AvgIpc) is 3.39. The standard InChI is InChI=1S/C39H46N2O12S/c1-16-11-10-12-17(2)38(49)41-29-33(47)26-25(28-36(29)54-24(43)15-40-28)27-35(21(6)32(26)46)53-39(8,37(27)48)51-14-13-23(50-9)18(3)34(52-22(7)42)20(5)31(45)19(4)30(16)44/h10-16,18-20,23,30-31,34,43-45,47H,1-9H3,(H,41,49)/b11-10-,14-13?,17-12-/t16-,18+,19+,20+,23-,30-,31+,34+,39-/m0/s1. The van der Waals surface area contributed by atoms with Gasteiger partial charge in [0.15, 0.2) is 16.2 Å². The van der Waals surface area contributed by atoms with Crippen LogP contribution < -0.4 is 15.5 Å². The maximum absolute atomic E-state index is 14.3. The normalized spacial score (nSPS) is 31.1. The number of aromatic hydroxyl groups is 2. The molecule has 0 saturated carbocycles. The average molecular weight is 767 g/mol. The molecular weight excluding hydrogens is 720 g/mol. The van der Waals surface area contributed by atoms with E-state index in [0.717, 1.165) is 17.5 Å². The number of aromatic nitrogens is 1. The Balaban J connectivity index is 1.72. The lowest BCUT2D eigenvalue weighted by molar-refractivity contribution is -0.160. The number of ketones is 1. The fraction of sp³-hybridized carbons (Fsp3) is 0.462. The number of hydrogen-bond acceptors (Lipinski definition) is 14. The molecule has 0 spiro atoms. The zero-order chi connectivity index (χ0) is 40.0. The summed E-state index contributed by atoms with van der Waals surface area (Å²) in [6.45, 7) is 12.5. The molecule has 9 atom stereocenters. The number of benzene rings is 2. The van der Waals surface area contributed by atoms with Crippen molar-refractivity contribution in [1.29, 1.82) is 0 Å². The minimum atomic E-state index is -2.01. The first kappa shape index (κ1) is 40.4. The summed E-state index contributed by atoms with van der Waals surface area (Å²) >= 11 is 0.764. The lowest BCUT2D eigenvalue weighted by Crippen LogP contribution is -2.46. The number of fused-ring (bicyclic) bond motifs is 1. The summed E-state index contributed by atoms with van der Waals surface area (Å²) in [5.74, 6) is -7.13. The van der Waals surface area contributed by atoms with E-state index in [4.69, 9.17) is 18.9 Å². The van der Waals surface area contributed by atoms with Crippen LogP contribution in [0.15, 0.2) is 47.1 Å². The molecule has 1 aromatic heterocycles. The van der Waals surface area contributed by atoms with Gasteiger partial charge >= 0.3 is 11.8 Å². The highest BCUT2D eigenvalue weighted by Gasteiger charge is 2.49. The molecule has 3 heterocycles. The van der Waals surface area contributed by atoms with E-state index in [9.17, 15) is 39.6 Å². The van der Waals surface area contributed by atoms with Crippen molar-refractivity contribution in [2.75, 3.05) is 12.4 Å². The van der Waals surface area contributed by atoms with Gasteiger partial charge in [0, 0.05) is 61.2 Å². The lowest BCUT2D eigenvalue weighted by atomic mass is 9.78. The summed E-state index contributed by atoms with van der Waals surface area (Å²) in [6, 6.07) is 0. The zero-order valence-corrected chi connectivity index (χ0v) is 32.3. The molecule has 0 fully saturated rings. The molecule has 2 aromatic carbocycles. The van der Waals surface area contributed by atoms with E-state index in [1.165, 1.54) is 53.2 Å². The van der Waals surface area contributed by atoms with E-state index in [1.807, 2.05) is 0 Å². The van der Waals surface area contributed by atoms with Crippen LogP contribution in [0.2, 0.25) is 0 Å². The zero-order valence-electron chi connectivity index (χ0n) is 31.5. The van der Waals surface area contributed by atoms with Crippen molar-refractivity contribution in [2.24, 2.45) is 23.7 Å². The van der Waals surface area contributed by atoms with Crippen LogP contribution >= 0.6 is 11.3 Å². The van der Waals surface area contributed by atoms with Crippen LogP contribution in [-0.4, -0.2) is 80.4 Å². The number of anilines is 1. The molecule has 15 heteroatoms. The van der Waals surface area contributed by atoms with Crippen LogP contribution in [0.4, 0.5) is 5.69 Å². The Morgan fingerprint density at radius 3 is 2.33 bits per heavy atom. The molecule has 1 amide bonds. The monoisotopic (exact) mass is 766 g/mol. The number of ether oxygens (including phenoxy) is 4. The molecule has 5 rings (SSSR count). The van der Waals surface area contributed by atoms with Gasteiger partial charge in [0.25, 0.3) is 11.7 Å². The fourth-order valence-corrected chi connectivity index (χ4v) is 7.97. The number of phenols is 1. The second-order valence-corrected chi connectivity index (χ2v) is 15.2. The molecule has 2 aliphatic rings. The summed E-state index contributed by atoms with van der Waals surface area (Å²) < 4.78 is 23.5. The first-order chi connectivity index (χ1) is 25.3. The van der Waals surface area contributed by atoms with Crippen LogP contribution in [-0.2, 0) is 23.8 Å². The molecule has 54 heavy (non-hydrogen) atoms. The number of carbonyl (C=O) groups excluding carboxylic acids is 3. The Morgan fingerprint density at radius 2 is 1.69 bits per heavy atom. The molecule has 0 saturated heterocycles. The Labute approximate surface area is 315 Å². The van der Waals surface area contributed by atoms with E-state index in [1.54, 1.807) is 39.8 Å². The number of hydrogen-bond donors (Lipinski definition) is 5. The second-order valence-electron chi connectivity index (χ2n) is 14.2. The summed E-state index contributed by atoms with van der Waals surface area (Å²) in [5.41, 5.74) is -0.752. The molecule has 0 radical (unpaired) electrons. The Kier molecular flexibility index (Phi) is 11.6. The van der Waals surface area contributed by atoms with Gasteiger partial charge in [-0.15, -0.1) is 0 Å². The van der Waals surface area contributed by atoms with Crippen LogP contribution in [0.5, 0.6) is 16.6 Å². The van der Waals surface area contributed by atoms with Crippen molar-refractivity contribution in [3.8, 4) is 16.6 Å². The van der Waals surface area contributed by atoms with Gasteiger partial charge in [0.2, 0.25) is 0 Å². The minimum Gasteiger partial charge on any atom is -0.505 e. The van der Waals surface area contributed by atoms with Crippen molar-refractivity contribution < 1.29 is 53.8 Å². The molecular formula is C39H46N2O12S. The van der Waals surface area contributed by atoms with Crippen molar-refractivity contribution in [1.82, 2.24) is 4.98 Å². The number of esters is 1. The van der Waals surface area contributed by atoms with E-state index in [2.05, 4.69) is 10.3 Å². The number of amides is 1. The number of nitrogens with zero attached hydrogens (tertiary/aromatic N) is 1. The predicted molar refractivity (Wildman–Crippen MR) is 202 cm³/mol. The second kappa shape index (κ2) is 15.5. The third-order valence-electron chi connectivity index (χ3n) is 10.4. The highest BCUT2D eigenvalue weighted by Crippen LogP contribution is 2.49. The van der Waals surface area contributed by atoms with E-state index < -0.39 is 82.7 Å². The summed E-state index contributed by atoms with van der Waals surface area (Å²) in [4.78, 5) is 58.4. The first-order valence-corrected chi connectivity index (χ1v) is 18.3. The fourth-order valence-electron chi connectivity index (χ4n) is 7.15. The van der Waals surface area contributed by atoms with Crippen molar-refractivity contribution in [2.45, 2.75) is 85.6 Å². The first-order valence-electron chi connectivity index (χ1n) is 17.5. The van der Waals surface area contributed by atoms with Gasteiger partial charge < -0.3 is 44.7 Å². The molecule has 14 nitrogen and oxygen atoms in total. The van der Waals surface area contributed by atoms with Gasteiger partial charge in [-0.1, -0.05) is 57.3 Å². The Bertz CT molecular complexity index is 2160. The van der Waals surface area contributed by atoms with Gasteiger partial charge in [-0.05, 0) is 19.9 Å². The molecule has 290 valence electrons. The minimum absolute atomic E-state index is 0.00559. The smallest absolute Gasteiger partial charge is 0.312 e.